The quantitative estimate of drug-likeness (QED) is 0.684. The summed E-state index contributed by atoms with van der Waals surface area (Å²) in [5, 5.41) is 15.0. The second-order valence-electron chi connectivity index (χ2n) is 5.25. The highest BCUT2D eigenvalue weighted by molar-refractivity contribution is 5.94. The van der Waals surface area contributed by atoms with Crippen molar-refractivity contribution >= 4 is 23.1 Å². The zero-order chi connectivity index (χ0) is 17.8. The van der Waals surface area contributed by atoms with Gasteiger partial charge in [-0.1, -0.05) is 0 Å². The number of hydrogen-bond acceptors (Lipinski definition) is 6. The zero-order valence-corrected chi connectivity index (χ0v) is 13.5. The van der Waals surface area contributed by atoms with Gasteiger partial charge in [-0.05, 0) is 30.3 Å². The minimum absolute atomic E-state index is 0.188. The van der Waals surface area contributed by atoms with Crippen molar-refractivity contribution in [3.8, 4) is 5.88 Å². The van der Waals surface area contributed by atoms with Crippen molar-refractivity contribution in [3.63, 3.8) is 0 Å². The molecule has 0 atom stereocenters. The summed E-state index contributed by atoms with van der Waals surface area (Å²) in [6.07, 6.45) is 0.573. The fourth-order valence-electron chi connectivity index (χ4n) is 2.25. The van der Waals surface area contributed by atoms with Crippen LogP contribution in [0.3, 0.4) is 0 Å². The van der Waals surface area contributed by atoms with Gasteiger partial charge in [0, 0.05) is 30.2 Å². The molecule has 128 valence electrons. The van der Waals surface area contributed by atoms with E-state index in [1.807, 2.05) is 0 Å². The van der Waals surface area contributed by atoms with Crippen LogP contribution in [-0.2, 0) is 11.2 Å². The predicted octanol–water partition coefficient (Wildman–Crippen LogP) is 0.803. The summed E-state index contributed by atoms with van der Waals surface area (Å²) < 4.78 is 6.63. The summed E-state index contributed by atoms with van der Waals surface area (Å²) in [7, 11) is 1.52. The number of benzene rings is 1. The van der Waals surface area contributed by atoms with Gasteiger partial charge in [0.1, 0.15) is 0 Å². The van der Waals surface area contributed by atoms with Crippen molar-refractivity contribution in [2.24, 2.45) is 5.73 Å². The molecule has 2 heterocycles. The Bertz CT molecular complexity index is 919. The van der Waals surface area contributed by atoms with Gasteiger partial charge < -0.3 is 15.8 Å². The third-order valence-corrected chi connectivity index (χ3v) is 3.54. The summed E-state index contributed by atoms with van der Waals surface area (Å²) >= 11 is 0. The zero-order valence-electron chi connectivity index (χ0n) is 13.5. The molecule has 0 unspecified atom stereocenters. The molecule has 3 N–H and O–H groups in total. The Kier molecular flexibility index (Phi) is 4.55. The minimum atomic E-state index is -0.514. The molecule has 0 aliphatic heterocycles. The number of rotatable bonds is 6. The van der Waals surface area contributed by atoms with Gasteiger partial charge >= 0.3 is 0 Å². The van der Waals surface area contributed by atoms with E-state index in [0.717, 1.165) is 0 Å². The summed E-state index contributed by atoms with van der Waals surface area (Å²) in [6, 6.07) is 9.78. The van der Waals surface area contributed by atoms with E-state index in [2.05, 4.69) is 20.6 Å². The lowest BCUT2D eigenvalue weighted by atomic mass is 10.2. The Morgan fingerprint density at radius 1 is 1.16 bits per heavy atom. The maximum Gasteiger partial charge on any atom is 0.248 e. The maximum absolute atomic E-state index is 12.1. The number of carbonyl (C=O) groups is 2. The van der Waals surface area contributed by atoms with Gasteiger partial charge in [-0.15, -0.1) is 15.3 Å². The van der Waals surface area contributed by atoms with Crippen LogP contribution in [0.4, 0.5) is 5.69 Å². The number of hydrogen-bond donors (Lipinski definition) is 2. The first kappa shape index (κ1) is 16.4. The van der Waals surface area contributed by atoms with Crippen LogP contribution in [-0.4, -0.2) is 38.7 Å². The highest BCUT2D eigenvalue weighted by Crippen LogP contribution is 2.12. The molecule has 0 aliphatic rings. The van der Waals surface area contributed by atoms with E-state index in [4.69, 9.17) is 10.5 Å². The van der Waals surface area contributed by atoms with Crippen LogP contribution in [0.2, 0.25) is 0 Å². The third-order valence-electron chi connectivity index (χ3n) is 3.54. The Labute approximate surface area is 142 Å². The molecule has 0 fully saturated rings. The van der Waals surface area contributed by atoms with Gasteiger partial charge in [0.25, 0.3) is 0 Å². The Balaban J connectivity index is 1.63. The molecule has 1 aromatic carbocycles. The Morgan fingerprint density at radius 2 is 1.92 bits per heavy atom. The molecule has 0 bridgehead atoms. The number of methoxy groups -OCH3 is 1. The number of nitrogens with one attached hydrogen (secondary N) is 1. The van der Waals surface area contributed by atoms with Crippen LogP contribution < -0.4 is 15.8 Å². The van der Waals surface area contributed by atoms with Crippen molar-refractivity contribution < 1.29 is 14.3 Å². The first-order chi connectivity index (χ1) is 12.1. The summed E-state index contributed by atoms with van der Waals surface area (Å²) in [4.78, 5) is 23.1. The number of carbonyl (C=O) groups excluding carboxylic acids is 2. The predicted molar refractivity (Wildman–Crippen MR) is 89.2 cm³/mol. The fraction of sp³-hybridized carbons (Fsp3) is 0.188. The molecule has 3 rings (SSSR count). The van der Waals surface area contributed by atoms with E-state index in [9.17, 15) is 9.59 Å². The van der Waals surface area contributed by atoms with Gasteiger partial charge in [-0.25, -0.2) is 0 Å². The maximum atomic E-state index is 12.1. The molecule has 0 radical (unpaired) electrons. The minimum Gasteiger partial charge on any atom is -0.480 e. The number of anilines is 1. The SMILES string of the molecule is COc1ccc2nnc(CCC(=O)Nc3ccc(C(N)=O)cc3)n2n1. The average Bonchev–Trinajstić information content (AvgIpc) is 3.02. The van der Waals surface area contributed by atoms with Crippen LogP contribution in [0.1, 0.15) is 22.6 Å². The molecular formula is C16H16N6O3. The lowest BCUT2D eigenvalue weighted by Crippen LogP contribution is -2.14. The molecule has 25 heavy (non-hydrogen) atoms. The number of primary amides is 1. The van der Waals surface area contributed by atoms with Gasteiger partial charge in [0.15, 0.2) is 11.5 Å². The van der Waals surface area contributed by atoms with Gasteiger partial charge in [0.05, 0.1) is 7.11 Å². The lowest BCUT2D eigenvalue weighted by molar-refractivity contribution is -0.116. The van der Waals surface area contributed by atoms with E-state index >= 15 is 0 Å². The lowest BCUT2D eigenvalue weighted by Gasteiger charge is -2.05. The van der Waals surface area contributed by atoms with Gasteiger partial charge in [0.2, 0.25) is 17.7 Å². The summed E-state index contributed by atoms with van der Waals surface area (Å²) in [6.45, 7) is 0. The number of nitrogens with two attached hydrogens (primary N) is 1. The molecule has 0 spiro atoms. The van der Waals surface area contributed by atoms with Crippen molar-refractivity contribution in [3.05, 3.63) is 47.8 Å². The number of amides is 2. The fourth-order valence-corrected chi connectivity index (χ4v) is 2.25. The van der Waals surface area contributed by atoms with Crippen LogP contribution >= 0.6 is 0 Å². The summed E-state index contributed by atoms with van der Waals surface area (Å²) in [5.41, 5.74) is 6.72. The van der Waals surface area contributed by atoms with E-state index in [0.29, 0.717) is 35.0 Å². The van der Waals surface area contributed by atoms with Crippen molar-refractivity contribution in [1.82, 2.24) is 19.8 Å². The standard InChI is InChI=1S/C16H16N6O3/c1-25-15-9-7-13-20-19-12(22(13)21-15)6-8-14(23)18-11-4-2-10(3-5-11)16(17)24/h2-5,7,9H,6,8H2,1H3,(H2,17,24)(H,18,23). The second-order valence-corrected chi connectivity index (χ2v) is 5.25. The van der Waals surface area contributed by atoms with Crippen LogP contribution in [0.15, 0.2) is 36.4 Å². The number of aryl methyl sites for hydroxylation is 1. The van der Waals surface area contributed by atoms with Crippen LogP contribution in [0.25, 0.3) is 5.65 Å². The number of aromatic nitrogens is 4. The van der Waals surface area contributed by atoms with Gasteiger partial charge in [-0.2, -0.15) is 4.52 Å². The molecular weight excluding hydrogens is 324 g/mol. The monoisotopic (exact) mass is 340 g/mol. The molecule has 9 heteroatoms. The molecule has 3 aromatic rings. The first-order valence-corrected chi connectivity index (χ1v) is 7.52. The van der Waals surface area contributed by atoms with Crippen molar-refractivity contribution in [2.75, 3.05) is 12.4 Å². The van der Waals surface area contributed by atoms with Crippen LogP contribution in [0, 0.1) is 0 Å². The number of ether oxygens (including phenoxy) is 1. The van der Waals surface area contributed by atoms with Gasteiger partial charge in [-0.3, -0.25) is 9.59 Å². The Hall–Kier alpha value is -3.49. The first-order valence-electron chi connectivity index (χ1n) is 7.52. The number of fused-ring (bicyclic) bond motifs is 1. The van der Waals surface area contributed by atoms with Crippen molar-refractivity contribution in [1.29, 1.82) is 0 Å². The second kappa shape index (κ2) is 6.95. The third kappa shape index (κ3) is 3.71. The highest BCUT2D eigenvalue weighted by atomic mass is 16.5. The number of nitrogens with zero attached hydrogens (tertiary/aromatic N) is 4. The van der Waals surface area contributed by atoms with E-state index in [1.165, 1.54) is 7.11 Å². The van der Waals surface area contributed by atoms with Crippen molar-refractivity contribution in [2.45, 2.75) is 12.8 Å². The summed E-state index contributed by atoms with van der Waals surface area (Å²) in [5.74, 6) is 0.298. The molecule has 2 amide bonds. The molecule has 0 saturated carbocycles. The topological polar surface area (TPSA) is 124 Å². The largest absolute Gasteiger partial charge is 0.480 e. The average molecular weight is 340 g/mol. The molecule has 0 aliphatic carbocycles. The van der Waals surface area contributed by atoms with E-state index in [1.54, 1.807) is 40.9 Å². The molecule has 9 nitrogen and oxygen atoms in total. The molecule has 2 aromatic heterocycles. The normalized spacial score (nSPS) is 10.6. The smallest absolute Gasteiger partial charge is 0.248 e. The van der Waals surface area contributed by atoms with E-state index in [-0.39, 0.29) is 12.3 Å². The highest BCUT2D eigenvalue weighted by Gasteiger charge is 2.11. The molecule has 0 saturated heterocycles. The van der Waals surface area contributed by atoms with Crippen LogP contribution in [0.5, 0.6) is 5.88 Å². The Morgan fingerprint density at radius 3 is 2.60 bits per heavy atom. The van der Waals surface area contributed by atoms with E-state index < -0.39 is 5.91 Å².